The highest BCUT2D eigenvalue weighted by Crippen LogP contribution is 2.10. The van der Waals surface area contributed by atoms with E-state index in [1.807, 2.05) is 41.2 Å². The fourth-order valence-electron chi connectivity index (χ4n) is 2.53. The van der Waals surface area contributed by atoms with Crippen molar-refractivity contribution in [3.63, 3.8) is 0 Å². The number of hydrogen-bond acceptors (Lipinski definition) is 2. The molecule has 4 nitrogen and oxygen atoms in total. The number of nitrogens with zero attached hydrogens (tertiary/aromatic N) is 3. The molecule has 1 amide bonds. The van der Waals surface area contributed by atoms with Crippen molar-refractivity contribution in [2.75, 3.05) is 7.05 Å². The Balaban J connectivity index is 1.64. The minimum atomic E-state index is -0.412. The number of aromatic nitrogens is 2. The number of carbonyl (C=O) groups is 1. The predicted octanol–water partition coefficient (Wildman–Crippen LogP) is 3.34. The van der Waals surface area contributed by atoms with Crippen LogP contribution in [0.3, 0.4) is 0 Å². The Kier molecular flexibility index (Phi) is 4.70. The molecule has 0 atom stereocenters. The smallest absolute Gasteiger partial charge is 0.254 e. The SMILES string of the molecule is CN(Cc1cnn(Cc2ccccc2)c1)C(=O)c1cccc(F)c1. The van der Waals surface area contributed by atoms with Crippen molar-refractivity contribution in [3.8, 4) is 0 Å². The zero-order chi connectivity index (χ0) is 16.9. The normalized spacial score (nSPS) is 10.6. The van der Waals surface area contributed by atoms with Gasteiger partial charge in [-0.15, -0.1) is 0 Å². The van der Waals surface area contributed by atoms with Crippen molar-refractivity contribution < 1.29 is 9.18 Å². The van der Waals surface area contributed by atoms with Crippen LogP contribution in [0, 0.1) is 5.82 Å². The molecule has 0 spiro atoms. The zero-order valence-corrected chi connectivity index (χ0v) is 13.4. The maximum atomic E-state index is 13.2. The van der Waals surface area contributed by atoms with Gasteiger partial charge in [0.15, 0.2) is 0 Å². The summed E-state index contributed by atoms with van der Waals surface area (Å²) < 4.78 is 15.1. The Labute approximate surface area is 140 Å². The molecule has 122 valence electrons. The standard InChI is InChI=1S/C19H18FN3O/c1-22(19(24)17-8-5-9-18(20)10-17)12-16-11-21-23(14-16)13-15-6-3-2-4-7-15/h2-11,14H,12-13H2,1H3. The minimum absolute atomic E-state index is 0.217. The molecule has 24 heavy (non-hydrogen) atoms. The van der Waals surface area contributed by atoms with Crippen LogP contribution < -0.4 is 0 Å². The van der Waals surface area contributed by atoms with Crippen LogP contribution in [0.15, 0.2) is 67.0 Å². The Morgan fingerprint density at radius 2 is 1.92 bits per heavy atom. The average Bonchev–Trinajstić information content (AvgIpc) is 3.02. The van der Waals surface area contributed by atoms with Gasteiger partial charge in [0, 0.05) is 30.9 Å². The van der Waals surface area contributed by atoms with Gasteiger partial charge >= 0.3 is 0 Å². The van der Waals surface area contributed by atoms with Gasteiger partial charge in [-0.2, -0.15) is 5.10 Å². The number of rotatable bonds is 5. The Morgan fingerprint density at radius 3 is 2.67 bits per heavy atom. The van der Waals surface area contributed by atoms with E-state index in [-0.39, 0.29) is 5.91 Å². The lowest BCUT2D eigenvalue weighted by molar-refractivity contribution is 0.0784. The fraction of sp³-hybridized carbons (Fsp3) is 0.158. The van der Waals surface area contributed by atoms with Gasteiger partial charge in [-0.1, -0.05) is 36.4 Å². The molecule has 3 rings (SSSR count). The van der Waals surface area contributed by atoms with E-state index >= 15 is 0 Å². The van der Waals surface area contributed by atoms with Crippen LogP contribution in [0.4, 0.5) is 4.39 Å². The minimum Gasteiger partial charge on any atom is -0.337 e. The first kappa shape index (κ1) is 15.9. The molecular formula is C19H18FN3O. The maximum Gasteiger partial charge on any atom is 0.254 e. The summed E-state index contributed by atoms with van der Waals surface area (Å²) in [4.78, 5) is 13.9. The predicted molar refractivity (Wildman–Crippen MR) is 90.0 cm³/mol. The summed E-state index contributed by atoms with van der Waals surface area (Å²) in [7, 11) is 1.70. The van der Waals surface area contributed by atoms with E-state index in [1.54, 1.807) is 24.2 Å². The summed E-state index contributed by atoms with van der Waals surface area (Å²) in [6, 6.07) is 15.8. The molecular weight excluding hydrogens is 305 g/mol. The van der Waals surface area contributed by atoms with Gasteiger partial charge in [-0.3, -0.25) is 9.48 Å². The third-order valence-electron chi connectivity index (χ3n) is 3.71. The van der Waals surface area contributed by atoms with Crippen molar-refractivity contribution in [1.82, 2.24) is 14.7 Å². The summed E-state index contributed by atoms with van der Waals surface area (Å²) in [6.07, 6.45) is 3.67. The first-order valence-corrected chi connectivity index (χ1v) is 7.68. The van der Waals surface area contributed by atoms with E-state index in [0.717, 1.165) is 11.1 Å². The van der Waals surface area contributed by atoms with Crippen molar-refractivity contribution in [2.45, 2.75) is 13.1 Å². The van der Waals surface area contributed by atoms with E-state index in [0.29, 0.717) is 18.7 Å². The van der Waals surface area contributed by atoms with Gasteiger partial charge in [0.1, 0.15) is 5.82 Å². The zero-order valence-electron chi connectivity index (χ0n) is 13.4. The molecule has 5 heteroatoms. The van der Waals surface area contributed by atoms with Crippen molar-refractivity contribution >= 4 is 5.91 Å². The largest absolute Gasteiger partial charge is 0.337 e. The Bertz CT molecular complexity index is 829. The molecule has 0 fully saturated rings. The second-order valence-corrected chi connectivity index (χ2v) is 5.70. The van der Waals surface area contributed by atoms with Crippen LogP contribution in [0.5, 0.6) is 0 Å². The Hall–Kier alpha value is -2.95. The van der Waals surface area contributed by atoms with E-state index in [1.165, 1.54) is 18.2 Å². The van der Waals surface area contributed by atoms with Gasteiger partial charge in [-0.05, 0) is 23.8 Å². The van der Waals surface area contributed by atoms with E-state index in [2.05, 4.69) is 5.10 Å². The fourth-order valence-corrected chi connectivity index (χ4v) is 2.53. The first-order chi connectivity index (χ1) is 11.6. The summed E-state index contributed by atoms with van der Waals surface area (Å²) in [5.74, 6) is -0.629. The third-order valence-corrected chi connectivity index (χ3v) is 3.71. The molecule has 0 saturated heterocycles. The lowest BCUT2D eigenvalue weighted by atomic mass is 10.2. The van der Waals surface area contributed by atoms with Gasteiger partial charge < -0.3 is 4.90 Å². The highest BCUT2D eigenvalue weighted by Gasteiger charge is 2.13. The molecule has 0 saturated carbocycles. The molecule has 3 aromatic rings. The van der Waals surface area contributed by atoms with Crippen molar-refractivity contribution in [1.29, 1.82) is 0 Å². The number of amides is 1. The summed E-state index contributed by atoms with van der Waals surface area (Å²) in [5.41, 5.74) is 2.43. The molecule has 0 aliphatic heterocycles. The molecule has 1 heterocycles. The van der Waals surface area contributed by atoms with Crippen LogP contribution >= 0.6 is 0 Å². The molecule has 0 aliphatic rings. The van der Waals surface area contributed by atoms with Gasteiger partial charge in [0.25, 0.3) is 5.91 Å². The lowest BCUT2D eigenvalue weighted by Gasteiger charge is -2.16. The van der Waals surface area contributed by atoms with E-state index < -0.39 is 5.82 Å². The van der Waals surface area contributed by atoms with E-state index in [4.69, 9.17) is 0 Å². The van der Waals surface area contributed by atoms with Crippen LogP contribution in [0.2, 0.25) is 0 Å². The second-order valence-electron chi connectivity index (χ2n) is 5.70. The third kappa shape index (κ3) is 3.87. The summed E-state index contributed by atoms with van der Waals surface area (Å²) >= 11 is 0. The second kappa shape index (κ2) is 7.08. The lowest BCUT2D eigenvalue weighted by Crippen LogP contribution is -2.26. The number of halogens is 1. The highest BCUT2D eigenvalue weighted by molar-refractivity contribution is 5.93. The summed E-state index contributed by atoms with van der Waals surface area (Å²) in [6.45, 7) is 1.10. The van der Waals surface area contributed by atoms with E-state index in [9.17, 15) is 9.18 Å². The number of carbonyl (C=O) groups excluding carboxylic acids is 1. The number of hydrogen-bond donors (Lipinski definition) is 0. The molecule has 0 N–H and O–H groups in total. The molecule has 0 bridgehead atoms. The first-order valence-electron chi connectivity index (χ1n) is 7.68. The van der Waals surface area contributed by atoms with Crippen LogP contribution in [0.1, 0.15) is 21.5 Å². The van der Waals surface area contributed by atoms with Crippen LogP contribution in [-0.4, -0.2) is 27.6 Å². The molecule has 0 unspecified atom stereocenters. The van der Waals surface area contributed by atoms with Gasteiger partial charge in [0.2, 0.25) is 0 Å². The topological polar surface area (TPSA) is 38.1 Å². The quantitative estimate of drug-likeness (QED) is 0.722. The van der Waals surface area contributed by atoms with Crippen molar-refractivity contribution in [2.24, 2.45) is 0 Å². The monoisotopic (exact) mass is 323 g/mol. The van der Waals surface area contributed by atoms with Gasteiger partial charge in [-0.25, -0.2) is 4.39 Å². The highest BCUT2D eigenvalue weighted by atomic mass is 19.1. The summed E-state index contributed by atoms with van der Waals surface area (Å²) in [5, 5.41) is 4.33. The molecule has 1 aromatic heterocycles. The maximum absolute atomic E-state index is 13.2. The molecule has 0 radical (unpaired) electrons. The molecule has 0 aliphatic carbocycles. The number of benzene rings is 2. The Morgan fingerprint density at radius 1 is 1.12 bits per heavy atom. The molecule has 2 aromatic carbocycles. The van der Waals surface area contributed by atoms with Crippen molar-refractivity contribution in [3.05, 3.63) is 89.5 Å². The van der Waals surface area contributed by atoms with Crippen LogP contribution in [-0.2, 0) is 13.1 Å². The average molecular weight is 323 g/mol. The van der Waals surface area contributed by atoms with Gasteiger partial charge in [0.05, 0.1) is 12.7 Å². The van der Waals surface area contributed by atoms with Crippen LogP contribution in [0.25, 0.3) is 0 Å².